The molecule has 1 aromatic carbocycles. The van der Waals surface area contributed by atoms with Crippen molar-refractivity contribution in [2.24, 2.45) is 5.92 Å². The van der Waals surface area contributed by atoms with Gasteiger partial charge in [0.05, 0.1) is 12.1 Å². The Bertz CT molecular complexity index is 582. The quantitative estimate of drug-likeness (QED) is 0.890. The van der Waals surface area contributed by atoms with Gasteiger partial charge in [0, 0.05) is 11.6 Å². The molecule has 0 aliphatic carbocycles. The number of rotatable bonds is 4. The summed E-state index contributed by atoms with van der Waals surface area (Å²) in [6.45, 7) is -0.526. The fraction of sp³-hybridized carbons (Fsp3) is 0.467. The topological polar surface area (TPSA) is 69.6 Å². The Hall–Kier alpha value is -2.09. The molecule has 0 radical (unpaired) electrons. The van der Waals surface area contributed by atoms with Crippen LogP contribution in [0.2, 0.25) is 0 Å². The standard InChI is InChI=1S/C15H17F3N2O3/c16-15(17,18)9-20-6-4-10(5-7-20)13(21)19-12-3-1-2-11(8-12)14(22)23/h1-3,8,10H,4-7,9H2,(H,19,21)(H,22,23). The lowest BCUT2D eigenvalue weighted by molar-refractivity contribution is -0.149. The van der Waals surface area contributed by atoms with Crippen LogP contribution >= 0.6 is 0 Å². The van der Waals surface area contributed by atoms with Crippen molar-refractivity contribution < 1.29 is 27.9 Å². The van der Waals surface area contributed by atoms with Crippen molar-refractivity contribution in [1.82, 2.24) is 4.90 Å². The Morgan fingerprint density at radius 1 is 1.26 bits per heavy atom. The number of hydrogen-bond donors (Lipinski definition) is 2. The lowest BCUT2D eigenvalue weighted by Gasteiger charge is -2.31. The summed E-state index contributed by atoms with van der Waals surface area (Å²) in [4.78, 5) is 24.3. The first-order valence-electron chi connectivity index (χ1n) is 7.18. The number of halogens is 3. The first kappa shape index (κ1) is 17.3. The second-order valence-electron chi connectivity index (χ2n) is 5.54. The van der Waals surface area contributed by atoms with Crippen LogP contribution in [0.3, 0.4) is 0 Å². The SMILES string of the molecule is O=C(O)c1cccc(NC(=O)C2CCN(CC(F)(F)F)CC2)c1. The third-order valence-corrected chi connectivity index (χ3v) is 3.74. The molecule has 2 rings (SSSR count). The van der Waals surface area contributed by atoms with Gasteiger partial charge in [0.25, 0.3) is 0 Å². The first-order valence-corrected chi connectivity index (χ1v) is 7.18. The van der Waals surface area contributed by atoms with E-state index >= 15 is 0 Å². The molecule has 1 saturated heterocycles. The summed E-state index contributed by atoms with van der Waals surface area (Å²) >= 11 is 0. The molecule has 0 atom stereocenters. The summed E-state index contributed by atoms with van der Waals surface area (Å²) in [5.74, 6) is -1.76. The van der Waals surface area contributed by atoms with Crippen LogP contribution in [-0.4, -0.2) is 47.7 Å². The highest BCUT2D eigenvalue weighted by Crippen LogP contribution is 2.23. The van der Waals surface area contributed by atoms with Gasteiger partial charge in [0.15, 0.2) is 0 Å². The largest absolute Gasteiger partial charge is 0.478 e. The van der Waals surface area contributed by atoms with E-state index in [9.17, 15) is 22.8 Å². The van der Waals surface area contributed by atoms with Gasteiger partial charge in [-0.05, 0) is 44.1 Å². The normalized spacial score (nSPS) is 17.0. The van der Waals surface area contributed by atoms with Gasteiger partial charge in [-0.2, -0.15) is 13.2 Å². The molecule has 1 aliphatic rings. The number of aromatic carboxylic acids is 1. The van der Waals surface area contributed by atoms with Gasteiger partial charge in [-0.3, -0.25) is 9.69 Å². The lowest BCUT2D eigenvalue weighted by atomic mass is 9.95. The maximum atomic E-state index is 12.3. The van der Waals surface area contributed by atoms with Crippen molar-refractivity contribution in [3.8, 4) is 0 Å². The molecule has 23 heavy (non-hydrogen) atoms. The Morgan fingerprint density at radius 2 is 1.91 bits per heavy atom. The van der Waals surface area contributed by atoms with Crippen molar-refractivity contribution in [2.75, 3.05) is 25.0 Å². The monoisotopic (exact) mass is 330 g/mol. The van der Waals surface area contributed by atoms with Crippen molar-refractivity contribution in [3.05, 3.63) is 29.8 Å². The molecule has 1 heterocycles. The van der Waals surface area contributed by atoms with Crippen LogP contribution in [0, 0.1) is 5.92 Å². The minimum absolute atomic E-state index is 0.0581. The van der Waals surface area contributed by atoms with E-state index in [0.29, 0.717) is 18.5 Å². The Balaban J connectivity index is 1.88. The van der Waals surface area contributed by atoms with E-state index in [-0.39, 0.29) is 30.5 Å². The smallest absolute Gasteiger partial charge is 0.401 e. The van der Waals surface area contributed by atoms with Crippen LogP contribution in [0.4, 0.5) is 18.9 Å². The average molecular weight is 330 g/mol. The molecule has 2 N–H and O–H groups in total. The number of nitrogens with zero attached hydrogens (tertiary/aromatic N) is 1. The van der Waals surface area contributed by atoms with E-state index in [1.807, 2.05) is 0 Å². The van der Waals surface area contributed by atoms with Gasteiger partial charge in [0.2, 0.25) is 5.91 Å². The highest BCUT2D eigenvalue weighted by Gasteiger charge is 2.33. The summed E-state index contributed by atoms with van der Waals surface area (Å²) in [5.41, 5.74) is 0.426. The number of carboxylic acids is 1. The molecule has 1 amide bonds. The number of carbonyl (C=O) groups excluding carboxylic acids is 1. The average Bonchev–Trinajstić information content (AvgIpc) is 2.46. The minimum Gasteiger partial charge on any atom is -0.478 e. The van der Waals surface area contributed by atoms with Crippen LogP contribution in [-0.2, 0) is 4.79 Å². The molecule has 0 saturated carbocycles. The first-order chi connectivity index (χ1) is 10.7. The zero-order chi connectivity index (χ0) is 17.0. The van der Waals surface area contributed by atoms with Gasteiger partial charge in [-0.15, -0.1) is 0 Å². The predicted molar refractivity (Wildman–Crippen MR) is 77.3 cm³/mol. The number of piperidine rings is 1. The molecule has 1 aliphatic heterocycles. The van der Waals surface area contributed by atoms with E-state index in [0.717, 1.165) is 0 Å². The van der Waals surface area contributed by atoms with Gasteiger partial charge in [-0.1, -0.05) is 6.07 Å². The molecule has 1 aromatic rings. The number of benzene rings is 1. The number of amides is 1. The molecule has 126 valence electrons. The van der Waals surface area contributed by atoms with Crippen LogP contribution < -0.4 is 5.32 Å². The van der Waals surface area contributed by atoms with Crippen molar-refractivity contribution >= 4 is 17.6 Å². The third kappa shape index (κ3) is 5.24. The molecule has 5 nitrogen and oxygen atoms in total. The number of nitrogens with one attached hydrogen (secondary N) is 1. The molecule has 0 bridgehead atoms. The van der Waals surface area contributed by atoms with Crippen LogP contribution in [0.5, 0.6) is 0 Å². The van der Waals surface area contributed by atoms with Gasteiger partial charge >= 0.3 is 12.1 Å². The highest BCUT2D eigenvalue weighted by molar-refractivity contribution is 5.95. The van der Waals surface area contributed by atoms with Crippen LogP contribution in [0.15, 0.2) is 24.3 Å². The van der Waals surface area contributed by atoms with Crippen molar-refractivity contribution in [3.63, 3.8) is 0 Å². The molecular formula is C15H17F3N2O3. The number of anilines is 1. The van der Waals surface area contributed by atoms with Gasteiger partial charge < -0.3 is 10.4 Å². The van der Waals surface area contributed by atoms with Crippen LogP contribution in [0.25, 0.3) is 0 Å². The molecule has 0 unspecified atom stereocenters. The summed E-state index contributed by atoms with van der Waals surface area (Å²) in [5, 5.41) is 11.5. The molecule has 1 fully saturated rings. The molecular weight excluding hydrogens is 313 g/mol. The molecule has 0 spiro atoms. The Kier molecular flexibility index (Phi) is 5.25. The number of carbonyl (C=O) groups is 2. The summed E-state index contributed by atoms with van der Waals surface area (Å²) in [6.07, 6.45) is -3.53. The van der Waals surface area contributed by atoms with E-state index in [1.54, 1.807) is 6.07 Å². The van der Waals surface area contributed by atoms with Crippen LogP contribution in [0.1, 0.15) is 23.2 Å². The Morgan fingerprint density at radius 3 is 2.48 bits per heavy atom. The number of likely N-dealkylation sites (tertiary alicyclic amines) is 1. The predicted octanol–water partition coefficient (Wildman–Crippen LogP) is 2.60. The second-order valence-corrected chi connectivity index (χ2v) is 5.54. The number of alkyl halides is 3. The van der Waals surface area contributed by atoms with Crippen molar-refractivity contribution in [2.45, 2.75) is 19.0 Å². The zero-order valence-corrected chi connectivity index (χ0v) is 12.3. The fourth-order valence-electron chi connectivity index (χ4n) is 2.58. The lowest BCUT2D eigenvalue weighted by Crippen LogP contribution is -2.42. The number of carboxylic acid groups (broad SMARTS) is 1. The van der Waals surface area contributed by atoms with E-state index < -0.39 is 18.7 Å². The van der Waals surface area contributed by atoms with Gasteiger partial charge in [-0.25, -0.2) is 4.79 Å². The minimum atomic E-state index is -4.23. The van der Waals surface area contributed by atoms with E-state index in [2.05, 4.69) is 5.32 Å². The summed E-state index contributed by atoms with van der Waals surface area (Å²) in [6, 6.07) is 5.85. The Labute approximate surface area is 131 Å². The fourth-order valence-corrected chi connectivity index (χ4v) is 2.58. The number of hydrogen-bond acceptors (Lipinski definition) is 3. The maximum Gasteiger partial charge on any atom is 0.401 e. The van der Waals surface area contributed by atoms with Crippen molar-refractivity contribution in [1.29, 1.82) is 0 Å². The molecule has 8 heteroatoms. The van der Waals surface area contributed by atoms with E-state index in [4.69, 9.17) is 5.11 Å². The summed E-state index contributed by atoms with van der Waals surface area (Å²) < 4.78 is 37.0. The maximum absolute atomic E-state index is 12.3. The van der Waals surface area contributed by atoms with E-state index in [1.165, 1.54) is 23.1 Å². The third-order valence-electron chi connectivity index (χ3n) is 3.74. The highest BCUT2D eigenvalue weighted by atomic mass is 19.4. The zero-order valence-electron chi connectivity index (χ0n) is 12.3. The second kappa shape index (κ2) is 6.99. The van der Waals surface area contributed by atoms with Gasteiger partial charge in [0.1, 0.15) is 0 Å². The molecule has 0 aromatic heterocycles. The summed E-state index contributed by atoms with van der Waals surface area (Å²) in [7, 11) is 0.